The van der Waals surface area contributed by atoms with Crippen LogP contribution in [0.25, 0.3) is 0 Å². The third-order valence-corrected chi connectivity index (χ3v) is 4.67. The van der Waals surface area contributed by atoms with E-state index in [9.17, 15) is 22.0 Å². The summed E-state index contributed by atoms with van der Waals surface area (Å²) in [6.45, 7) is 0. The molecule has 1 N–H and O–H groups in total. The molecule has 0 aliphatic rings. The zero-order valence-corrected chi connectivity index (χ0v) is 12.9. The van der Waals surface area contributed by atoms with E-state index in [4.69, 9.17) is 0 Å². The molecule has 0 atom stereocenters. The van der Waals surface area contributed by atoms with Gasteiger partial charge in [-0.3, -0.25) is 4.79 Å². The SMILES string of the molecule is O=C(CCS(=O)(=O)Cc1ccccc1)Nc1ccc(F)cc1F. The molecule has 0 aromatic heterocycles. The van der Waals surface area contributed by atoms with Crippen LogP contribution < -0.4 is 5.32 Å². The summed E-state index contributed by atoms with van der Waals surface area (Å²) in [4.78, 5) is 11.7. The first-order valence-corrected chi connectivity index (χ1v) is 8.67. The van der Waals surface area contributed by atoms with E-state index in [1.165, 1.54) is 0 Å². The van der Waals surface area contributed by atoms with Crippen molar-refractivity contribution in [2.45, 2.75) is 12.2 Å². The summed E-state index contributed by atoms with van der Waals surface area (Å²) in [5.74, 6) is -2.83. The van der Waals surface area contributed by atoms with E-state index in [2.05, 4.69) is 5.32 Å². The van der Waals surface area contributed by atoms with Crippen molar-refractivity contribution in [1.82, 2.24) is 0 Å². The highest BCUT2D eigenvalue weighted by molar-refractivity contribution is 7.90. The summed E-state index contributed by atoms with van der Waals surface area (Å²) in [7, 11) is -3.45. The fraction of sp³-hybridized carbons (Fsp3) is 0.188. The molecule has 2 aromatic carbocycles. The Hall–Kier alpha value is -2.28. The molecule has 23 heavy (non-hydrogen) atoms. The Kier molecular flexibility index (Phi) is 5.44. The zero-order valence-electron chi connectivity index (χ0n) is 12.1. The Labute approximate surface area is 133 Å². The van der Waals surface area contributed by atoms with Gasteiger partial charge in [0.05, 0.1) is 17.2 Å². The van der Waals surface area contributed by atoms with Crippen molar-refractivity contribution >= 4 is 21.4 Å². The number of rotatable bonds is 6. The van der Waals surface area contributed by atoms with Gasteiger partial charge >= 0.3 is 0 Å². The number of sulfone groups is 1. The van der Waals surface area contributed by atoms with E-state index < -0.39 is 27.4 Å². The lowest BCUT2D eigenvalue weighted by Crippen LogP contribution is -2.19. The van der Waals surface area contributed by atoms with Crippen LogP contribution in [0.1, 0.15) is 12.0 Å². The topological polar surface area (TPSA) is 63.2 Å². The molecule has 0 saturated carbocycles. The van der Waals surface area contributed by atoms with Gasteiger partial charge in [0, 0.05) is 12.5 Å². The Morgan fingerprint density at radius 1 is 1.04 bits per heavy atom. The minimum Gasteiger partial charge on any atom is -0.324 e. The van der Waals surface area contributed by atoms with Gasteiger partial charge in [0.25, 0.3) is 0 Å². The maximum absolute atomic E-state index is 13.4. The highest BCUT2D eigenvalue weighted by atomic mass is 32.2. The number of carbonyl (C=O) groups is 1. The first-order chi connectivity index (χ1) is 10.9. The van der Waals surface area contributed by atoms with Gasteiger partial charge in [-0.25, -0.2) is 17.2 Å². The quantitative estimate of drug-likeness (QED) is 0.880. The number of hydrogen-bond acceptors (Lipinski definition) is 3. The second-order valence-corrected chi connectivity index (χ2v) is 7.18. The lowest BCUT2D eigenvalue weighted by molar-refractivity contribution is -0.115. The molecule has 0 fully saturated rings. The number of halogens is 2. The fourth-order valence-electron chi connectivity index (χ4n) is 1.95. The molecule has 2 aromatic rings. The highest BCUT2D eigenvalue weighted by Gasteiger charge is 2.15. The molecule has 0 radical (unpaired) electrons. The molecule has 4 nitrogen and oxygen atoms in total. The second kappa shape index (κ2) is 7.32. The van der Waals surface area contributed by atoms with Crippen LogP contribution >= 0.6 is 0 Å². The zero-order chi connectivity index (χ0) is 16.9. The Morgan fingerprint density at radius 3 is 2.39 bits per heavy atom. The van der Waals surface area contributed by atoms with Gasteiger partial charge in [0.2, 0.25) is 5.91 Å². The smallest absolute Gasteiger partial charge is 0.225 e. The van der Waals surface area contributed by atoms with Gasteiger partial charge in [-0.05, 0) is 17.7 Å². The Morgan fingerprint density at radius 2 is 1.74 bits per heavy atom. The molecule has 0 heterocycles. The number of amides is 1. The second-order valence-electron chi connectivity index (χ2n) is 5.00. The van der Waals surface area contributed by atoms with E-state index >= 15 is 0 Å². The van der Waals surface area contributed by atoms with Crippen molar-refractivity contribution in [3.8, 4) is 0 Å². The van der Waals surface area contributed by atoms with Crippen molar-refractivity contribution in [2.75, 3.05) is 11.1 Å². The van der Waals surface area contributed by atoms with Gasteiger partial charge in [-0.1, -0.05) is 30.3 Å². The molecule has 0 saturated heterocycles. The third-order valence-electron chi connectivity index (χ3n) is 3.07. The summed E-state index contributed by atoms with van der Waals surface area (Å²) in [6.07, 6.45) is -0.300. The minimum absolute atomic E-state index is 0.161. The standard InChI is InChI=1S/C16H15F2NO3S/c17-13-6-7-15(14(18)10-13)19-16(20)8-9-23(21,22)11-12-4-2-1-3-5-12/h1-7,10H,8-9,11H2,(H,19,20). The molecule has 122 valence electrons. The summed E-state index contributed by atoms with van der Waals surface area (Å²) >= 11 is 0. The summed E-state index contributed by atoms with van der Waals surface area (Å²) in [5.41, 5.74) is 0.453. The molecule has 0 spiro atoms. The van der Waals surface area contributed by atoms with E-state index in [1.54, 1.807) is 30.3 Å². The normalized spacial score (nSPS) is 11.2. The number of anilines is 1. The van der Waals surface area contributed by atoms with Gasteiger partial charge in [0.1, 0.15) is 11.6 Å². The van der Waals surface area contributed by atoms with E-state index in [0.717, 1.165) is 12.1 Å². The molecular weight excluding hydrogens is 324 g/mol. The van der Waals surface area contributed by atoms with Crippen LogP contribution in [0.3, 0.4) is 0 Å². The molecule has 0 bridgehead atoms. The molecule has 1 amide bonds. The van der Waals surface area contributed by atoms with Gasteiger partial charge in [-0.15, -0.1) is 0 Å². The van der Waals surface area contributed by atoms with Crippen molar-refractivity contribution in [3.63, 3.8) is 0 Å². The lowest BCUT2D eigenvalue weighted by atomic mass is 10.2. The third kappa shape index (κ3) is 5.45. The van der Waals surface area contributed by atoms with Crippen LogP contribution in [0.15, 0.2) is 48.5 Å². The summed E-state index contributed by atoms with van der Waals surface area (Å²) < 4.78 is 50.1. The molecule has 7 heteroatoms. The number of nitrogens with one attached hydrogen (secondary N) is 1. The van der Waals surface area contributed by atoms with Crippen molar-refractivity contribution in [2.24, 2.45) is 0 Å². The number of benzene rings is 2. The monoisotopic (exact) mass is 339 g/mol. The summed E-state index contributed by atoms with van der Waals surface area (Å²) in [6, 6.07) is 11.3. The molecular formula is C16H15F2NO3S. The van der Waals surface area contributed by atoms with Crippen LogP contribution in [0.2, 0.25) is 0 Å². The van der Waals surface area contributed by atoms with E-state index in [-0.39, 0.29) is 23.6 Å². The predicted molar refractivity (Wildman–Crippen MR) is 83.5 cm³/mol. The minimum atomic E-state index is -3.45. The lowest BCUT2D eigenvalue weighted by Gasteiger charge is -2.07. The Bertz CT molecular complexity index is 792. The molecule has 0 unspecified atom stereocenters. The average Bonchev–Trinajstić information content (AvgIpc) is 2.49. The van der Waals surface area contributed by atoms with Gasteiger partial charge in [-0.2, -0.15) is 0 Å². The van der Waals surface area contributed by atoms with Gasteiger partial charge < -0.3 is 5.32 Å². The maximum Gasteiger partial charge on any atom is 0.225 e. The average molecular weight is 339 g/mol. The fourth-order valence-corrected chi connectivity index (χ4v) is 3.29. The van der Waals surface area contributed by atoms with Crippen LogP contribution in [-0.2, 0) is 20.4 Å². The van der Waals surface area contributed by atoms with Gasteiger partial charge in [0.15, 0.2) is 9.84 Å². The maximum atomic E-state index is 13.4. The largest absolute Gasteiger partial charge is 0.324 e. The number of carbonyl (C=O) groups excluding carboxylic acids is 1. The van der Waals surface area contributed by atoms with E-state index in [0.29, 0.717) is 11.6 Å². The van der Waals surface area contributed by atoms with Crippen LogP contribution in [0.5, 0.6) is 0 Å². The molecule has 0 aliphatic carbocycles. The van der Waals surface area contributed by atoms with Crippen molar-refractivity contribution in [1.29, 1.82) is 0 Å². The number of hydrogen-bond donors (Lipinski definition) is 1. The molecule has 2 rings (SSSR count). The Balaban J connectivity index is 1.90. The van der Waals surface area contributed by atoms with Crippen LogP contribution in [-0.4, -0.2) is 20.1 Å². The highest BCUT2D eigenvalue weighted by Crippen LogP contribution is 2.15. The molecule has 0 aliphatic heterocycles. The van der Waals surface area contributed by atoms with Crippen molar-refractivity contribution in [3.05, 3.63) is 65.7 Å². The first kappa shape index (κ1) is 17.1. The first-order valence-electron chi connectivity index (χ1n) is 6.85. The van der Waals surface area contributed by atoms with E-state index in [1.807, 2.05) is 0 Å². The van der Waals surface area contributed by atoms with Crippen LogP contribution in [0.4, 0.5) is 14.5 Å². The van der Waals surface area contributed by atoms with Crippen molar-refractivity contribution < 1.29 is 22.0 Å². The predicted octanol–water partition coefficient (Wildman–Crippen LogP) is 2.91. The summed E-state index contributed by atoms with van der Waals surface area (Å²) in [5, 5.41) is 2.23. The van der Waals surface area contributed by atoms with Crippen LogP contribution in [0, 0.1) is 11.6 Å².